The minimum Gasteiger partial charge on any atom is -0.326 e. The molecule has 1 aromatic heterocycles. The molecule has 0 aliphatic carbocycles. The summed E-state index contributed by atoms with van der Waals surface area (Å²) in [5.41, 5.74) is 5.70. The van der Waals surface area contributed by atoms with Gasteiger partial charge in [0.1, 0.15) is 5.25 Å². The number of anilines is 1. The molecule has 0 saturated carbocycles. The number of amidine groups is 1. The lowest BCUT2D eigenvalue weighted by Crippen LogP contribution is -2.33. The number of nitrogens with one attached hydrogen (secondary N) is 1. The highest BCUT2D eigenvalue weighted by molar-refractivity contribution is 8.15. The second-order valence-corrected chi connectivity index (χ2v) is 9.36. The first-order chi connectivity index (χ1) is 15.9. The molecule has 0 radical (unpaired) electrons. The first-order valence-electron chi connectivity index (χ1n) is 10.8. The molecule has 1 aliphatic heterocycles. The number of hydrogen-bond acceptors (Lipinski definition) is 5. The summed E-state index contributed by atoms with van der Waals surface area (Å²) in [4.78, 5) is 36.6. The van der Waals surface area contributed by atoms with Crippen molar-refractivity contribution >= 4 is 40.1 Å². The van der Waals surface area contributed by atoms with Gasteiger partial charge in [0.05, 0.1) is 12.2 Å². The highest BCUT2D eigenvalue weighted by Crippen LogP contribution is 2.34. The first-order valence-corrected chi connectivity index (χ1v) is 11.7. The maximum Gasteiger partial charge on any atom is 0.242 e. The highest BCUT2D eigenvalue weighted by atomic mass is 32.2. The number of rotatable bonds is 6. The summed E-state index contributed by atoms with van der Waals surface area (Å²) < 4.78 is 0. The van der Waals surface area contributed by atoms with E-state index >= 15 is 0 Å². The molecule has 1 fully saturated rings. The van der Waals surface area contributed by atoms with Crippen molar-refractivity contribution in [2.45, 2.75) is 39.0 Å². The lowest BCUT2D eigenvalue weighted by molar-refractivity contribution is -0.128. The number of aryl methyl sites for hydroxylation is 3. The van der Waals surface area contributed by atoms with Gasteiger partial charge in [-0.3, -0.25) is 19.5 Å². The van der Waals surface area contributed by atoms with E-state index in [0.29, 0.717) is 11.7 Å². The third-order valence-corrected chi connectivity index (χ3v) is 6.55. The van der Waals surface area contributed by atoms with Crippen molar-refractivity contribution in [3.8, 4) is 0 Å². The highest BCUT2D eigenvalue weighted by Gasteiger charge is 2.39. The Hall–Kier alpha value is -3.45. The van der Waals surface area contributed by atoms with Gasteiger partial charge in [-0.1, -0.05) is 47.7 Å². The predicted octanol–water partition coefficient (Wildman–Crippen LogP) is 5.17. The van der Waals surface area contributed by atoms with Crippen molar-refractivity contribution in [1.29, 1.82) is 0 Å². The van der Waals surface area contributed by atoms with Crippen molar-refractivity contribution in [2.24, 2.45) is 4.99 Å². The molecule has 4 rings (SSSR count). The number of thioether (sulfide) groups is 1. The van der Waals surface area contributed by atoms with Gasteiger partial charge in [-0.25, -0.2) is 4.99 Å². The molecule has 3 aromatic rings. The molecule has 33 heavy (non-hydrogen) atoms. The quantitative estimate of drug-likeness (QED) is 0.553. The molecule has 1 N–H and O–H groups in total. The number of carbonyl (C=O) groups is 2. The molecule has 0 bridgehead atoms. The minimum absolute atomic E-state index is 0.0761. The van der Waals surface area contributed by atoms with Crippen molar-refractivity contribution in [1.82, 2.24) is 9.88 Å². The van der Waals surface area contributed by atoms with Gasteiger partial charge in [-0.2, -0.15) is 0 Å². The van der Waals surface area contributed by atoms with Crippen LogP contribution in [0.4, 0.5) is 11.4 Å². The average molecular weight is 459 g/mol. The van der Waals surface area contributed by atoms with Gasteiger partial charge >= 0.3 is 0 Å². The zero-order chi connectivity index (χ0) is 23.4. The van der Waals surface area contributed by atoms with Gasteiger partial charge in [-0.15, -0.1) is 0 Å². The van der Waals surface area contributed by atoms with Gasteiger partial charge in [0.2, 0.25) is 11.8 Å². The fourth-order valence-corrected chi connectivity index (χ4v) is 4.66. The molecule has 0 spiro atoms. The van der Waals surface area contributed by atoms with E-state index in [-0.39, 0.29) is 18.2 Å². The van der Waals surface area contributed by atoms with E-state index in [1.807, 2.05) is 75.4 Å². The van der Waals surface area contributed by atoms with E-state index in [0.717, 1.165) is 33.6 Å². The van der Waals surface area contributed by atoms with Crippen molar-refractivity contribution in [2.75, 3.05) is 5.32 Å². The molecular formula is C26H26N4O2S. The van der Waals surface area contributed by atoms with Gasteiger partial charge in [-0.05, 0) is 61.7 Å². The molecule has 1 unspecified atom stereocenters. The van der Waals surface area contributed by atoms with Crippen LogP contribution in [0.3, 0.4) is 0 Å². The zero-order valence-corrected chi connectivity index (χ0v) is 19.7. The van der Waals surface area contributed by atoms with Crippen LogP contribution in [-0.2, 0) is 16.1 Å². The molecule has 2 aromatic carbocycles. The summed E-state index contributed by atoms with van der Waals surface area (Å²) in [5, 5.41) is 2.96. The molecule has 1 atom stereocenters. The summed E-state index contributed by atoms with van der Waals surface area (Å²) in [6.07, 6.45) is 3.52. The first kappa shape index (κ1) is 22.7. The Morgan fingerprint density at radius 2 is 1.85 bits per heavy atom. The van der Waals surface area contributed by atoms with Crippen LogP contribution in [0.1, 0.15) is 28.7 Å². The number of nitrogens with zero attached hydrogens (tertiary/aromatic N) is 3. The summed E-state index contributed by atoms with van der Waals surface area (Å²) in [5.74, 6) is -0.314. The smallest absolute Gasteiger partial charge is 0.242 e. The van der Waals surface area contributed by atoms with Crippen molar-refractivity contribution in [3.05, 3.63) is 89.2 Å². The Morgan fingerprint density at radius 1 is 1.09 bits per heavy atom. The number of pyridine rings is 1. The van der Waals surface area contributed by atoms with Gasteiger partial charge < -0.3 is 5.32 Å². The normalized spacial score (nSPS) is 16.9. The second-order valence-electron chi connectivity index (χ2n) is 8.19. The number of benzene rings is 2. The topological polar surface area (TPSA) is 74.7 Å². The summed E-state index contributed by atoms with van der Waals surface area (Å²) in [6.45, 7) is 6.37. The third kappa shape index (κ3) is 5.68. The standard InChI is InChI=1S/C26H26N4O2S/c1-17-7-10-21(11-8-17)28-24(31)14-23-25(32)30(16-20-5-4-12-27-15-20)26(33-23)29-22-13-18(2)6-9-19(22)3/h4-13,15,23H,14,16H2,1-3H3,(H,28,31). The van der Waals surface area contributed by atoms with Crippen LogP contribution in [0.2, 0.25) is 0 Å². The molecule has 168 valence electrons. The van der Waals surface area contributed by atoms with Crippen LogP contribution in [-0.4, -0.2) is 32.1 Å². The Balaban J connectivity index is 1.57. The molecule has 6 nitrogen and oxygen atoms in total. The van der Waals surface area contributed by atoms with E-state index in [2.05, 4.69) is 10.3 Å². The van der Waals surface area contributed by atoms with E-state index in [9.17, 15) is 9.59 Å². The Bertz CT molecular complexity index is 1190. The van der Waals surface area contributed by atoms with Crippen LogP contribution in [0.5, 0.6) is 0 Å². The van der Waals surface area contributed by atoms with Gasteiger partial charge in [0, 0.05) is 24.5 Å². The number of amides is 2. The fraction of sp³-hybridized carbons (Fsp3) is 0.231. The lowest BCUT2D eigenvalue weighted by Gasteiger charge is -2.17. The zero-order valence-electron chi connectivity index (χ0n) is 18.9. The molecule has 7 heteroatoms. The van der Waals surface area contributed by atoms with Crippen LogP contribution in [0, 0.1) is 20.8 Å². The average Bonchev–Trinajstić information content (AvgIpc) is 3.07. The number of aromatic nitrogens is 1. The van der Waals surface area contributed by atoms with E-state index < -0.39 is 5.25 Å². The molecule has 2 heterocycles. The van der Waals surface area contributed by atoms with E-state index in [1.165, 1.54) is 11.8 Å². The van der Waals surface area contributed by atoms with Crippen molar-refractivity contribution in [3.63, 3.8) is 0 Å². The predicted molar refractivity (Wildman–Crippen MR) is 134 cm³/mol. The minimum atomic E-state index is -0.531. The van der Waals surface area contributed by atoms with Crippen LogP contribution in [0.25, 0.3) is 0 Å². The lowest BCUT2D eigenvalue weighted by atomic mass is 10.1. The molecule has 1 aliphatic rings. The maximum atomic E-state index is 13.3. The van der Waals surface area contributed by atoms with Crippen molar-refractivity contribution < 1.29 is 9.59 Å². The third-order valence-electron chi connectivity index (χ3n) is 5.37. The Kier molecular flexibility index (Phi) is 6.89. The number of carbonyl (C=O) groups excluding carboxylic acids is 2. The van der Waals surface area contributed by atoms with E-state index in [1.54, 1.807) is 17.3 Å². The van der Waals surface area contributed by atoms with Gasteiger partial charge in [0.25, 0.3) is 0 Å². The molecule has 2 amide bonds. The summed E-state index contributed by atoms with van der Waals surface area (Å²) >= 11 is 1.34. The molecular weight excluding hydrogens is 432 g/mol. The largest absolute Gasteiger partial charge is 0.326 e. The van der Waals surface area contributed by atoms with Crippen LogP contribution < -0.4 is 5.32 Å². The fourth-order valence-electron chi connectivity index (χ4n) is 3.51. The number of aliphatic imine (C=N–C) groups is 1. The van der Waals surface area contributed by atoms with Crippen LogP contribution in [0.15, 0.2) is 72.0 Å². The maximum absolute atomic E-state index is 13.3. The van der Waals surface area contributed by atoms with Crippen LogP contribution >= 0.6 is 11.8 Å². The summed E-state index contributed by atoms with van der Waals surface area (Å²) in [6, 6.07) is 17.4. The Labute approximate surface area is 198 Å². The second kappa shape index (κ2) is 10.0. The summed E-state index contributed by atoms with van der Waals surface area (Å²) in [7, 11) is 0. The monoisotopic (exact) mass is 458 g/mol. The van der Waals surface area contributed by atoms with Gasteiger partial charge in [0.15, 0.2) is 5.17 Å². The van der Waals surface area contributed by atoms with E-state index in [4.69, 9.17) is 4.99 Å². The molecule has 1 saturated heterocycles. The SMILES string of the molecule is Cc1ccc(NC(=O)CC2SC(=Nc3cc(C)ccc3C)N(Cc3cccnc3)C2=O)cc1. The Morgan fingerprint density at radius 3 is 2.58 bits per heavy atom. The number of hydrogen-bond donors (Lipinski definition) is 1.